The van der Waals surface area contributed by atoms with Gasteiger partial charge in [0.1, 0.15) is 11.2 Å². The standard InChI is InChI=1S/C40H48BrN5O7/c1-25-12-10-11-13-31(25)26(2)24-51-36(48)44-30-15-17-33(41)28(21-30)23-45(9)34(47)22-43-29-14-16-32-27(20-29)18-19-42-35(32)46(37(49)52-39(3,4)5)38(50)53-40(6,7)8/h10-21,26,43H,22-24H2,1-9H3,(H,44,48)/t26-/m0/s1. The molecule has 0 aliphatic heterocycles. The first-order valence-corrected chi connectivity index (χ1v) is 18.0. The van der Waals surface area contributed by atoms with Gasteiger partial charge in [0.2, 0.25) is 5.91 Å². The lowest BCUT2D eigenvalue weighted by Gasteiger charge is -2.28. The topological polar surface area (TPSA) is 139 Å². The summed E-state index contributed by atoms with van der Waals surface area (Å²) < 4.78 is 17.3. The van der Waals surface area contributed by atoms with Crippen molar-refractivity contribution in [3.8, 4) is 0 Å². The number of imide groups is 1. The Morgan fingerprint density at radius 1 is 0.868 bits per heavy atom. The van der Waals surface area contributed by atoms with Crippen molar-refractivity contribution in [3.05, 3.63) is 94.1 Å². The summed E-state index contributed by atoms with van der Waals surface area (Å²) in [5.41, 5.74) is 2.49. The molecule has 2 N–H and O–H groups in total. The van der Waals surface area contributed by atoms with Gasteiger partial charge in [-0.3, -0.25) is 10.1 Å². The molecule has 0 aliphatic carbocycles. The first-order valence-electron chi connectivity index (χ1n) is 17.2. The van der Waals surface area contributed by atoms with Gasteiger partial charge in [0, 0.05) is 46.9 Å². The molecule has 0 radical (unpaired) electrons. The first kappa shape index (κ1) is 40.6. The molecule has 0 saturated carbocycles. The van der Waals surface area contributed by atoms with Gasteiger partial charge >= 0.3 is 18.3 Å². The molecule has 1 heterocycles. The minimum absolute atomic E-state index is 0.0111. The van der Waals surface area contributed by atoms with Gasteiger partial charge in [-0.2, -0.15) is 4.90 Å². The summed E-state index contributed by atoms with van der Waals surface area (Å²) in [6.07, 6.45) is -0.916. The number of nitrogens with zero attached hydrogens (tertiary/aromatic N) is 3. The highest BCUT2D eigenvalue weighted by Crippen LogP contribution is 2.30. The van der Waals surface area contributed by atoms with E-state index in [1.165, 1.54) is 6.20 Å². The Labute approximate surface area is 319 Å². The van der Waals surface area contributed by atoms with Crippen molar-refractivity contribution in [1.82, 2.24) is 9.88 Å². The number of carbonyl (C=O) groups excluding carboxylic acids is 4. The Bertz CT molecular complexity index is 1940. The van der Waals surface area contributed by atoms with E-state index in [9.17, 15) is 19.2 Å². The maximum Gasteiger partial charge on any atom is 0.425 e. The van der Waals surface area contributed by atoms with Crippen LogP contribution in [0.2, 0.25) is 0 Å². The van der Waals surface area contributed by atoms with Crippen molar-refractivity contribution in [2.45, 2.75) is 79.1 Å². The van der Waals surface area contributed by atoms with Gasteiger partial charge < -0.3 is 24.4 Å². The third-order valence-electron chi connectivity index (χ3n) is 7.86. The van der Waals surface area contributed by atoms with Crippen molar-refractivity contribution in [3.63, 3.8) is 0 Å². The number of pyridine rings is 1. The fourth-order valence-electron chi connectivity index (χ4n) is 5.33. The zero-order valence-corrected chi connectivity index (χ0v) is 33.3. The third-order valence-corrected chi connectivity index (χ3v) is 8.63. The first-order chi connectivity index (χ1) is 24.8. The van der Waals surface area contributed by atoms with Crippen LogP contribution >= 0.6 is 15.9 Å². The molecule has 0 unspecified atom stereocenters. The molecule has 0 saturated heterocycles. The molecule has 0 spiro atoms. The van der Waals surface area contributed by atoms with Crippen LogP contribution < -0.4 is 15.5 Å². The van der Waals surface area contributed by atoms with E-state index in [-0.39, 0.29) is 37.3 Å². The summed E-state index contributed by atoms with van der Waals surface area (Å²) in [4.78, 5) is 59.0. The highest BCUT2D eigenvalue weighted by molar-refractivity contribution is 9.10. The predicted octanol–water partition coefficient (Wildman–Crippen LogP) is 9.41. The number of rotatable bonds is 10. The highest BCUT2D eigenvalue weighted by Gasteiger charge is 2.34. The molecular weight excluding hydrogens is 742 g/mol. The van der Waals surface area contributed by atoms with E-state index in [0.717, 1.165) is 26.1 Å². The maximum absolute atomic E-state index is 13.2. The molecule has 53 heavy (non-hydrogen) atoms. The number of likely N-dealkylation sites (N-methyl/N-ethyl adjacent to an activating group) is 1. The molecule has 282 valence electrons. The van der Waals surface area contributed by atoms with Gasteiger partial charge in [0.15, 0.2) is 5.82 Å². The Morgan fingerprint density at radius 3 is 2.15 bits per heavy atom. The van der Waals surface area contributed by atoms with Crippen LogP contribution in [0.1, 0.15) is 71.1 Å². The summed E-state index contributed by atoms with van der Waals surface area (Å²) in [5, 5.41) is 7.10. The average molecular weight is 791 g/mol. The number of anilines is 3. The molecular formula is C40H48BrN5O7. The van der Waals surface area contributed by atoms with Crippen molar-refractivity contribution >= 4 is 68.1 Å². The number of aryl methyl sites for hydroxylation is 1. The third kappa shape index (κ3) is 11.7. The maximum atomic E-state index is 13.2. The number of hydrogen-bond acceptors (Lipinski definition) is 9. The molecule has 3 aromatic carbocycles. The largest absolute Gasteiger partial charge is 0.449 e. The van der Waals surface area contributed by atoms with E-state index in [1.807, 2.05) is 44.2 Å². The molecule has 1 atom stereocenters. The van der Waals surface area contributed by atoms with E-state index >= 15 is 0 Å². The number of nitrogens with one attached hydrogen (secondary N) is 2. The van der Waals surface area contributed by atoms with Crippen LogP contribution in [0.5, 0.6) is 0 Å². The van der Waals surface area contributed by atoms with Crippen LogP contribution in [0.3, 0.4) is 0 Å². The van der Waals surface area contributed by atoms with E-state index in [1.54, 1.807) is 89.9 Å². The number of hydrogen-bond donors (Lipinski definition) is 2. The molecule has 4 amide bonds. The SMILES string of the molecule is Cc1ccccc1[C@@H](C)COC(=O)Nc1ccc(Br)c(CN(C)C(=O)CNc2ccc3c(N(C(=O)OC(C)(C)C)C(=O)OC(C)(C)C)nccc3c2)c1. The Balaban J connectivity index is 1.40. The zero-order valence-electron chi connectivity index (χ0n) is 31.7. The smallest absolute Gasteiger partial charge is 0.425 e. The summed E-state index contributed by atoms with van der Waals surface area (Å²) >= 11 is 3.55. The summed E-state index contributed by atoms with van der Waals surface area (Å²) in [6.45, 7) is 14.7. The van der Waals surface area contributed by atoms with Crippen LogP contribution in [0.4, 0.5) is 31.6 Å². The zero-order chi connectivity index (χ0) is 39.1. The van der Waals surface area contributed by atoms with Gasteiger partial charge in [-0.1, -0.05) is 47.1 Å². The monoisotopic (exact) mass is 789 g/mol. The number of amides is 4. The van der Waals surface area contributed by atoms with Crippen LogP contribution in [-0.4, -0.2) is 65.5 Å². The van der Waals surface area contributed by atoms with Gasteiger partial charge in [-0.15, -0.1) is 0 Å². The number of halogens is 1. The van der Waals surface area contributed by atoms with Gasteiger partial charge in [0.25, 0.3) is 0 Å². The number of fused-ring (bicyclic) bond motifs is 1. The minimum Gasteiger partial charge on any atom is -0.449 e. The van der Waals surface area contributed by atoms with Crippen molar-refractivity contribution in [2.24, 2.45) is 0 Å². The Kier molecular flexibility index (Phi) is 13.1. The molecule has 13 heteroatoms. The minimum atomic E-state index is -0.918. The van der Waals surface area contributed by atoms with E-state index < -0.39 is 29.5 Å². The number of carbonyl (C=O) groups is 4. The molecule has 0 bridgehead atoms. The fraction of sp³-hybridized carbons (Fsp3) is 0.375. The second-order valence-electron chi connectivity index (χ2n) is 14.8. The second-order valence-corrected chi connectivity index (χ2v) is 15.6. The van der Waals surface area contributed by atoms with Crippen LogP contribution in [0.25, 0.3) is 10.8 Å². The molecule has 1 aromatic heterocycles. The van der Waals surface area contributed by atoms with Crippen LogP contribution in [0.15, 0.2) is 77.4 Å². The molecule has 0 fully saturated rings. The number of benzene rings is 3. The van der Waals surface area contributed by atoms with E-state index in [2.05, 4.69) is 31.5 Å². The Morgan fingerprint density at radius 2 is 1.51 bits per heavy atom. The van der Waals surface area contributed by atoms with Gasteiger partial charge in [-0.25, -0.2) is 19.4 Å². The lowest BCUT2D eigenvalue weighted by atomic mass is 9.97. The number of ether oxygens (including phenoxy) is 3. The van der Waals surface area contributed by atoms with Crippen LogP contribution in [0, 0.1) is 6.92 Å². The highest BCUT2D eigenvalue weighted by atomic mass is 79.9. The lowest BCUT2D eigenvalue weighted by molar-refractivity contribution is -0.128. The quantitative estimate of drug-likeness (QED) is 0.150. The van der Waals surface area contributed by atoms with Crippen LogP contribution in [-0.2, 0) is 25.5 Å². The van der Waals surface area contributed by atoms with Gasteiger partial charge in [-0.05, 0) is 113 Å². The summed E-state index contributed by atoms with van der Waals surface area (Å²) in [7, 11) is 1.69. The average Bonchev–Trinajstić information content (AvgIpc) is 3.06. The van der Waals surface area contributed by atoms with Crippen molar-refractivity contribution in [1.29, 1.82) is 0 Å². The second kappa shape index (κ2) is 17.1. The Hall–Kier alpha value is -5.17. The van der Waals surface area contributed by atoms with E-state index in [0.29, 0.717) is 22.1 Å². The normalized spacial score (nSPS) is 12.0. The molecule has 4 aromatic rings. The summed E-state index contributed by atoms with van der Waals surface area (Å²) in [5.74, 6) is -0.0874. The van der Waals surface area contributed by atoms with Crippen molar-refractivity contribution in [2.75, 3.05) is 35.7 Å². The number of aromatic nitrogens is 1. The lowest BCUT2D eigenvalue weighted by Crippen LogP contribution is -2.44. The molecule has 4 rings (SSSR count). The van der Waals surface area contributed by atoms with E-state index in [4.69, 9.17) is 14.2 Å². The summed E-state index contributed by atoms with van der Waals surface area (Å²) in [6, 6.07) is 20.3. The molecule has 0 aliphatic rings. The van der Waals surface area contributed by atoms with Gasteiger partial charge in [0.05, 0.1) is 13.2 Å². The van der Waals surface area contributed by atoms with Crippen molar-refractivity contribution < 1.29 is 33.4 Å². The predicted molar refractivity (Wildman–Crippen MR) is 210 cm³/mol. The molecule has 12 nitrogen and oxygen atoms in total. The fourth-order valence-corrected chi connectivity index (χ4v) is 5.70.